The zero-order chi connectivity index (χ0) is 38.4. The number of phenols is 1. The van der Waals surface area contributed by atoms with Crippen LogP contribution in [0.15, 0.2) is 43.0 Å². The number of aryl methyl sites for hydroxylation is 2. The maximum atomic E-state index is 13.2. The molecule has 1 saturated heterocycles. The number of nitrogens with one attached hydrogen (secondary N) is 2. The van der Waals surface area contributed by atoms with E-state index in [0.717, 1.165) is 50.5 Å². The van der Waals surface area contributed by atoms with Gasteiger partial charge in [0.25, 0.3) is 0 Å². The number of rotatable bonds is 14. The number of nitrogens with two attached hydrogens (primary N) is 1. The lowest BCUT2D eigenvalue weighted by Gasteiger charge is -2.28. The van der Waals surface area contributed by atoms with Crippen molar-refractivity contribution in [3.05, 3.63) is 54.1 Å². The number of carbonyl (C=O) groups is 4. The fraction of sp³-hybridized carbons (Fsp3) is 0.641. The summed E-state index contributed by atoms with van der Waals surface area (Å²) in [5.41, 5.74) is 7.14. The van der Waals surface area contributed by atoms with Crippen molar-refractivity contribution >= 4 is 34.8 Å². The van der Waals surface area contributed by atoms with Gasteiger partial charge in [-0.2, -0.15) is 0 Å². The van der Waals surface area contributed by atoms with E-state index in [-0.39, 0.29) is 28.4 Å². The molecule has 1 aliphatic heterocycles. The summed E-state index contributed by atoms with van der Waals surface area (Å²) in [4.78, 5) is 51.1. The van der Waals surface area contributed by atoms with Gasteiger partial charge in [0, 0.05) is 12.5 Å². The third kappa shape index (κ3) is 15.6. The van der Waals surface area contributed by atoms with E-state index in [1.54, 1.807) is 32.9 Å². The van der Waals surface area contributed by atoms with Crippen LogP contribution < -0.4 is 15.8 Å². The smallest absolute Gasteiger partial charge is 0.408 e. The minimum absolute atomic E-state index is 0.0851. The van der Waals surface area contributed by atoms with Crippen molar-refractivity contribution in [3.63, 3.8) is 0 Å². The lowest BCUT2D eigenvalue weighted by molar-refractivity contribution is -0.139. The molecule has 286 valence electrons. The summed E-state index contributed by atoms with van der Waals surface area (Å²) in [6.07, 6.45) is 14.0. The number of nitrogens with zero attached hydrogens (tertiary/aromatic N) is 1. The van der Waals surface area contributed by atoms with Gasteiger partial charge in [0.05, 0.1) is 4.75 Å². The zero-order valence-electron chi connectivity index (χ0n) is 31.8. The van der Waals surface area contributed by atoms with Crippen LogP contribution in [0.5, 0.6) is 5.75 Å². The van der Waals surface area contributed by atoms with Crippen LogP contribution in [-0.2, 0) is 30.1 Å². The summed E-state index contributed by atoms with van der Waals surface area (Å²) in [7, 11) is -1.29. The molecule has 3 aliphatic rings. The van der Waals surface area contributed by atoms with Crippen LogP contribution in [0.1, 0.15) is 116 Å². The average molecular weight is 731 g/mol. The summed E-state index contributed by atoms with van der Waals surface area (Å²) in [5, 5.41) is 11.6. The molecule has 4 unspecified atom stereocenters. The van der Waals surface area contributed by atoms with E-state index in [9.17, 15) is 23.4 Å². The number of unbranched alkanes of at least 4 members (excludes halogenated alkanes) is 3. The largest absolute Gasteiger partial charge is 0.508 e. The lowest BCUT2D eigenvalue weighted by Crippen LogP contribution is -2.53. The second kappa shape index (κ2) is 20.4. The van der Waals surface area contributed by atoms with Crippen LogP contribution in [0.4, 0.5) is 4.79 Å². The molecule has 2 aliphatic carbocycles. The van der Waals surface area contributed by atoms with Crippen LogP contribution in [0.2, 0.25) is 0 Å². The van der Waals surface area contributed by atoms with Crippen molar-refractivity contribution < 1.29 is 33.2 Å². The van der Waals surface area contributed by atoms with Crippen LogP contribution in [0.25, 0.3) is 0 Å². The minimum atomic E-state index is -1.29. The highest BCUT2D eigenvalue weighted by Crippen LogP contribution is 2.43. The third-order valence-electron chi connectivity index (χ3n) is 9.15. The molecule has 0 aromatic heterocycles. The maximum Gasteiger partial charge on any atom is 0.408 e. The SMILES string of the molecule is C=CCC.CC(C)(C)OC(=O)N[C@@H](CCCCC/C=C\C1CC1C(=O)NS(=O)C1(C)CC1)C(=O)N1CCCC1C(N)=O.Cc1ccc(O)cc1C. The van der Waals surface area contributed by atoms with Crippen LogP contribution in [0, 0.1) is 25.7 Å². The minimum Gasteiger partial charge on any atom is -0.508 e. The quantitative estimate of drug-likeness (QED) is 0.127. The van der Waals surface area contributed by atoms with Gasteiger partial charge in [-0.25, -0.2) is 9.00 Å². The highest BCUT2D eigenvalue weighted by molar-refractivity contribution is 7.85. The Kier molecular flexibility index (Phi) is 17.4. The van der Waals surface area contributed by atoms with Crippen molar-refractivity contribution in [1.29, 1.82) is 0 Å². The van der Waals surface area contributed by atoms with Crippen molar-refractivity contribution in [2.45, 2.75) is 142 Å². The van der Waals surface area contributed by atoms with Gasteiger partial charge in [0.2, 0.25) is 17.7 Å². The highest BCUT2D eigenvalue weighted by Gasteiger charge is 2.47. The zero-order valence-corrected chi connectivity index (χ0v) is 32.6. The van der Waals surface area contributed by atoms with Crippen molar-refractivity contribution in [1.82, 2.24) is 14.9 Å². The molecule has 51 heavy (non-hydrogen) atoms. The average Bonchev–Trinajstić information content (AvgIpc) is 3.95. The number of likely N-dealkylation sites (tertiary alicyclic amines) is 1. The molecule has 1 aromatic carbocycles. The van der Waals surface area contributed by atoms with Gasteiger partial charge in [-0.05, 0) is 129 Å². The van der Waals surface area contributed by atoms with Crippen molar-refractivity contribution in [2.75, 3.05) is 6.54 Å². The fourth-order valence-electron chi connectivity index (χ4n) is 5.40. The van der Waals surface area contributed by atoms with E-state index >= 15 is 0 Å². The topological polar surface area (TPSA) is 168 Å². The number of carbonyl (C=O) groups excluding carboxylic acids is 4. The number of amides is 4. The van der Waals surface area contributed by atoms with Crippen molar-refractivity contribution in [3.8, 4) is 5.75 Å². The number of primary amides is 1. The molecule has 12 heteroatoms. The molecule has 1 aromatic rings. The summed E-state index contributed by atoms with van der Waals surface area (Å²) < 4.78 is 19.9. The van der Waals surface area contributed by atoms with E-state index < -0.39 is 40.7 Å². The number of allylic oxidation sites excluding steroid dienone is 3. The second-order valence-electron chi connectivity index (χ2n) is 15.0. The Morgan fingerprint density at radius 3 is 2.37 bits per heavy atom. The van der Waals surface area contributed by atoms with Gasteiger partial charge in [0.15, 0.2) is 0 Å². The number of phenolic OH excluding ortho intramolecular Hbond substituents is 1. The number of hydrogen-bond acceptors (Lipinski definition) is 7. The van der Waals surface area contributed by atoms with Gasteiger partial charge >= 0.3 is 6.09 Å². The number of benzene rings is 1. The predicted octanol–water partition coefficient (Wildman–Crippen LogP) is 6.42. The Morgan fingerprint density at radius 1 is 1.16 bits per heavy atom. The highest BCUT2D eigenvalue weighted by atomic mass is 32.2. The second-order valence-corrected chi connectivity index (χ2v) is 16.7. The number of aromatic hydroxyl groups is 1. The first-order chi connectivity index (χ1) is 23.9. The molecule has 11 nitrogen and oxygen atoms in total. The number of ether oxygens (including phenoxy) is 1. The molecule has 0 radical (unpaired) electrons. The summed E-state index contributed by atoms with van der Waals surface area (Å²) in [5.74, 6) is -0.476. The molecule has 5 atom stereocenters. The summed E-state index contributed by atoms with van der Waals surface area (Å²) >= 11 is 0. The molecule has 0 spiro atoms. The molecule has 0 bridgehead atoms. The van der Waals surface area contributed by atoms with Gasteiger partial charge in [0.1, 0.15) is 34.4 Å². The molecular weight excluding hydrogens is 669 g/mol. The molecular formula is C39H62N4O7S. The van der Waals surface area contributed by atoms with E-state index in [1.807, 2.05) is 32.9 Å². The van der Waals surface area contributed by atoms with E-state index in [2.05, 4.69) is 35.7 Å². The van der Waals surface area contributed by atoms with Crippen molar-refractivity contribution in [2.24, 2.45) is 17.6 Å². The van der Waals surface area contributed by atoms with Crippen LogP contribution in [-0.4, -0.2) is 67.0 Å². The van der Waals surface area contributed by atoms with Crippen LogP contribution in [0.3, 0.4) is 0 Å². The number of hydrogen-bond donors (Lipinski definition) is 4. The van der Waals surface area contributed by atoms with Gasteiger partial charge in [-0.15, -0.1) is 6.58 Å². The normalized spacial score (nSPS) is 21.2. The Hall–Kier alpha value is -3.67. The first kappa shape index (κ1) is 43.5. The first-order valence-corrected chi connectivity index (χ1v) is 19.4. The molecule has 2 saturated carbocycles. The first-order valence-electron chi connectivity index (χ1n) is 18.3. The fourth-order valence-corrected chi connectivity index (χ4v) is 6.45. The maximum absolute atomic E-state index is 13.2. The Bertz CT molecular complexity index is 1400. The molecule has 1 heterocycles. The van der Waals surface area contributed by atoms with Gasteiger partial charge in [-0.3, -0.25) is 19.1 Å². The molecule has 4 amide bonds. The standard InChI is InChI=1S/C27H44N4O6S.C8H10O.C4H8/c1-26(2,3)37-25(35)29-20(24(34)31-16-10-13-21(31)22(28)32)12-9-7-5-6-8-11-18-17-19(18)23(33)30-38(36)27(4)14-15-27;1-6-3-4-8(9)5-7(6)2;1-3-4-2/h8,11,18-21H,5-7,9-10,12-17H2,1-4H3,(H2,28,32)(H,29,35)(H,30,33);3-5,9H,1-2H3;3H,1,4H2,2H3/b11-8-;;/t18?,19?,20-,21?,38?;;/m0../s1. The summed E-state index contributed by atoms with van der Waals surface area (Å²) in [6.45, 7) is 17.2. The predicted molar refractivity (Wildman–Crippen MR) is 203 cm³/mol. The molecule has 4 rings (SSSR count). The van der Waals surface area contributed by atoms with E-state index in [4.69, 9.17) is 15.6 Å². The van der Waals surface area contributed by atoms with Crippen LogP contribution >= 0.6 is 0 Å². The Balaban J connectivity index is 0.000000582. The Labute approximate surface area is 307 Å². The van der Waals surface area contributed by atoms with E-state index in [0.29, 0.717) is 38.0 Å². The lowest BCUT2D eigenvalue weighted by atomic mass is 10.0. The monoisotopic (exact) mass is 730 g/mol. The van der Waals surface area contributed by atoms with Gasteiger partial charge < -0.3 is 25.8 Å². The summed E-state index contributed by atoms with van der Waals surface area (Å²) in [6, 6.07) is 3.94. The molecule has 3 fully saturated rings. The number of alkyl carbamates (subject to hydrolysis) is 1. The van der Waals surface area contributed by atoms with Gasteiger partial charge in [-0.1, -0.05) is 44.1 Å². The third-order valence-corrected chi connectivity index (χ3v) is 10.8. The molecule has 5 N–H and O–H groups in total. The Morgan fingerprint density at radius 2 is 1.82 bits per heavy atom. The van der Waals surface area contributed by atoms with E-state index in [1.165, 1.54) is 10.5 Å².